The van der Waals surface area contributed by atoms with Crippen molar-refractivity contribution in [2.45, 2.75) is 52.6 Å². The number of hydrogen-bond acceptors (Lipinski definition) is 4. The molecule has 0 unspecified atom stereocenters. The molecular weight excluding hydrogens is 492 g/mol. The summed E-state index contributed by atoms with van der Waals surface area (Å²) in [7, 11) is 0. The molecule has 2 heterocycles. The summed E-state index contributed by atoms with van der Waals surface area (Å²) >= 11 is 7.86. The number of amides is 2. The van der Waals surface area contributed by atoms with Crippen molar-refractivity contribution in [3.63, 3.8) is 0 Å². The number of carbonyl (C=O) groups is 2. The Kier molecular flexibility index (Phi) is 7.76. The smallest absolute Gasteiger partial charge is 0.254 e. The van der Waals surface area contributed by atoms with Crippen LogP contribution in [0.25, 0.3) is 0 Å². The van der Waals surface area contributed by atoms with Gasteiger partial charge in [-0.05, 0) is 87.9 Å². The van der Waals surface area contributed by atoms with Crippen LogP contribution in [-0.4, -0.2) is 46.8 Å². The molecule has 2 aromatic carbocycles. The van der Waals surface area contributed by atoms with Crippen LogP contribution in [0.2, 0.25) is 5.02 Å². The predicted molar refractivity (Wildman–Crippen MR) is 146 cm³/mol. The van der Waals surface area contributed by atoms with E-state index in [9.17, 15) is 9.59 Å². The molecule has 0 saturated carbocycles. The summed E-state index contributed by atoms with van der Waals surface area (Å²) in [4.78, 5) is 32.0. The van der Waals surface area contributed by atoms with Gasteiger partial charge in [-0.2, -0.15) is 0 Å². The SMILES string of the molecule is Cc1ccc(OC[C@@H]2c3ccsc3CCN2C(=O)CN(C(=O)c2cccc(Cl)c2)C(C)(C)C)c(C)c1. The van der Waals surface area contributed by atoms with Gasteiger partial charge in [0.1, 0.15) is 18.9 Å². The number of benzene rings is 2. The van der Waals surface area contributed by atoms with Crippen LogP contribution < -0.4 is 4.74 Å². The highest BCUT2D eigenvalue weighted by Gasteiger charge is 2.36. The molecule has 4 rings (SSSR count). The van der Waals surface area contributed by atoms with Gasteiger partial charge in [0.25, 0.3) is 5.91 Å². The van der Waals surface area contributed by atoms with Crippen LogP contribution in [0.5, 0.6) is 5.75 Å². The van der Waals surface area contributed by atoms with Crippen LogP contribution in [-0.2, 0) is 11.2 Å². The van der Waals surface area contributed by atoms with Crippen molar-refractivity contribution in [3.8, 4) is 5.75 Å². The van der Waals surface area contributed by atoms with Gasteiger partial charge in [0.2, 0.25) is 5.91 Å². The van der Waals surface area contributed by atoms with Crippen molar-refractivity contribution in [2.24, 2.45) is 0 Å². The molecule has 0 saturated heterocycles. The predicted octanol–water partition coefficient (Wildman–Crippen LogP) is 6.46. The van der Waals surface area contributed by atoms with Gasteiger partial charge in [0.05, 0.1) is 6.04 Å². The number of carbonyl (C=O) groups excluding carboxylic acids is 2. The number of thiophene rings is 1. The highest BCUT2D eigenvalue weighted by Crippen LogP contribution is 2.35. The van der Waals surface area contributed by atoms with Gasteiger partial charge in [-0.15, -0.1) is 11.3 Å². The van der Waals surface area contributed by atoms with Gasteiger partial charge in [-0.25, -0.2) is 0 Å². The molecule has 1 aliphatic rings. The van der Waals surface area contributed by atoms with E-state index in [1.807, 2.05) is 44.7 Å². The Morgan fingerprint density at radius 3 is 2.61 bits per heavy atom. The molecule has 0 fully saturated rings. The van der Waals surface area contributed by atoms with Crippen LogP contribution in [0.3, 0.4) is 0 Å². The summed E-state index contributed by atoms with van der Waals surface area (Å²) in [6.07, 6.45) is 0.802. The fourth-order valence-electron chi connectivity index (χ4n) is 4.62. The second kappa shape index (κ2) is 10.7. The van der Waals surface area contributed by atoms with E-state index in [0.717, 1.165) is 23.3 Å². The highest BCUT2D eigenvalue weighted by atomic mass is 35.5. The van der Waals surface area contributed by atoms with Crippen molar-refractivity contribution in [1.82, 2.24) is 9.80 Å². The maximum Gasteiger partial charge on any atom is 0.254 e. The monoisotopic (exact) mass is 524 g/mol. The van der Waals surface area contributed by atoms with E-state index >= 15 is 0 Å². The standard InChI is InChI=1S/C29H33ClN2O3S/c1-19-9-10-25(20(2)15-19)35-18-24-23-12-14-36-26(23)11-13-31(24)27(33)17-32(29(3,4)5)28(34)21-7-6-8-22(30)16-21/h6-10,12,14-16,24H,11,13,17-18H2,1-5H3/t24-/m1/s1. The molecule has 1 atom stereocenters. The van der Waals surface area contributed by atoms with E-state index in [0.29, 0.717) is 23.7 Å². The third kappa shape index (κ3) is 5.76. The van der Waals surface area contributed by atoms with Crippen LogP contribution in [0, 0.1) is 13.8 Å². The number of halogens is 1. The first-order valence-electron chi connectivity index (χ1n) is 12.2. The van der Waals surface area contributed by atoms with Crippen LogP contribution >= 0.6 is 22.9 Å². The third-order valence-corrected chi connectivity index (χ3v) is 7.79. The summed E-state index contributed by atoms with van der Waals surface area (Å²) < 4.78 is 6.26. The molecule has 0 spiro atoms. The Labute approximate surface area is 222 Å². The molecule has 5 nitrogen and oxygen atoms in total. The first kappa shape index (κ1) is 26.2. The number of fused-ring (bicyclic) bond motifs is 1. The van der Waals surface area contributed by atoms with E-state index in [1.54, 1.807) is 40.5 Å². The third-order valence-electron chi connectivity index (χ3n) is 6.56. The van der Waals surface area contributed by atoms with E-state index in [2.05, 4.69) is 24.4 Å². The molecule has 1 aliphatic heterocycles. The van der Waals surface area contributed by atoms with Crippen molar-refractivity contribution >= 4 is 34.8 Å². The number of ether oxygens (including phenoxy) is 1. The maximum atomic E-state index is 13.8. The van der Waals surface area contributed by atoms with Crippen LogP contribution in [0.1, 0.15) is 58.7 Å². The molecule has 190 valence electrons. The average molecular weight is 525 g/mol. The molecule has 36 heavy (non-hydrogen) atoms. The molecule has 0 bridgehead atoms. The number of rotatable bonds is 6. The minimum absolute atomic E-state index is 0.0195. The van der Waals surface area contributed by atoms with Gasteiger partial charge in [0, 0.05) is 27.5 Å². The Morgan fingerprint density at radius 1 is 1.14 bits per heavy atom. The maximum absolute atomic E-state index is 13.8. The van der Waals surface area contributed by atoms with E-state index < -0.39 is 5.54 Å². The highest BCUT2D eigenvalue weighted by molar-refractivity contribution is 7.10. The minimum Gasteiger partial charge on any atom is -0.491 e. The summed E-state index contributed by atoms with van der Waals surface area (Å²) in [5.41, 5.74) is 3.30. The summed E-state index contributed by atoms with van der Waals surface area (Å²) in [6.45, 7) is 10.8. The lowest BCUT2D eigenvalue weighted by Crippen LogP contribution is -2.53. The first-order valence-corrected chi connectivity index (χ1v) is 13.4. The topological polar surface area (TPSA) is 49.9 Å². The summed E-state index contributed by atoms with van der Waals surface area (Å²) in [5.74, 6) is 0.517. The molecule has 0 N–H and O–H groups in total. The van der Waals surface area contributed by atoms with Gasteiger partial charge in [-0.3, -0.25) is 9.59 Å². The van der Waals surface area contributed by atoms with Gasteiger partial charge in [0.15, 0.2) is 0 Å². The fraction of sp³-hybridized carbons (Fsp3) is 0.379. The largest absolute Gasteiger partial charge is 0.491 e. The second-order valence-corrected chi connectivity index (χ2v) is 11.7. The Balaban J connectivity index is 1.57. The van der Waals surface area contributed by atoms with Gasteiger partial charge < -0.3 is 14.5 Å². The average Bonchev–Trinajstić information content (AvgIpc) is 3.30. The van der Waals surface area contributed by atoms with Crippen LogP contribution in [0.4, 0.5) is 0 Å². The number of nitrogens with zero attached hydrogens (tertiary/aromatic N) is 2. The van der Waals surface area contributed by atoms with E-state index in [-0.39, 0.29) is 24.4 Å². The first-order chi connectivity index (χ1) is 17.0. The van der Waals surface area contributed by atoms with Gasteiger partial charge >= 0.3 is 0 Å². The van der Waals surface area contributed by atoms with Crippen LogP contribution in [0.15, 0.2) is 53.9 Å². The Bertz CT molecular complexity index is 1260. The molecule has 1 aromatic heterocycles. The van der Waals surface area contributed by atoms with Crippen molar-refractivity contribution in [3.05, 3.63) is 86.1 Å². The van der Waals surface area contributed by atoms with Gasteiger partial charge in [-0.1, -0.05) is 35.4 Å². The fourth-order valence-corrected chi connectivity index (χ4v) is 5.74. The van der Waals surface area contributed by atoms with Crippen molar-refractivity contribution in [1.29, 1.82) is 0 Å². The minimum atomic E-state index is -0.552. The summed E-state index contributed by atoms with van der Waals surface area (Å²) in [6, 6.07) is 14.9. The lowest BCUT2D eigenvalue weighted by molar-refractivity contribution is -0.136. The Morgan fingerprint density at radius 2 is 1.92 bits per heavy atom. The Hall–Kier alpha value is -2.83. The molecule has 2 amide bonds. The van der Waals surface area contributed by atoms with E-state index in [4.69, 9.17) is 16.3 Å². The lowest BCUT2D eigenvalue weighted by atomic mass is 9.99. The summed E-state index contributed by atoms with van der Waals surface area (Å²) in [5, 5.41) is 2.57. The molecule has 3 aromatic rings. The van der Waals surface area contributed by atoms with Crippen molar-refractivity contribution in [2.75, 3.05) is 19.7 Å². The second-order valence-electron chi connectivity index (χ2n) is 10.3. The number of aryl methyl sites for hydroxylation is 2. The normalized spacial score (nSPS) is 15.4. The van der Waals surface area contributed by atoms with E-state index in [1.165, 1.54) is 10.4 Å². The zero-order valence-electron chi connectivity index (χ0n) is 21.5. The quantitative estimate of drug-likeness (QED) is 0.371. The number of hydrogen-bond donors (Lipinski definition) is 0. The molecule has 0 radical (unpaired) electrons. The molecular formula is C29H33ClN2O3S. The molecule has 7 heteroatoms. The lowest BCUT2D eigenvalue weighted by Gasteiger charge is -2.40. The zero-order chi connectivity index (χ0) is 26.0. The molecule has 0 aliphatic carbocycles. The zero-order valence-corrected chi connectivity index (χ0v) is 23.1. The van der Waals surface area contributed by atoms with Crippen molar-refractivity contribution < 1.29 is 14.3 Å².